The topological polar surface area (TPSA) is 43.4 Å². The largest absolute Gasteiger partial charge is 0.465 e. The number of hydrogen-bond acceptors (Lipinski definition) is 3. The summed E-state index contributed by atoms with van der Waals surface area (Å²) in [6, 6.07) is 3.24. The van der Waals surface area contributed by atoms with Crippen LogP contribution in [0.15, 0.2) is 23.5 Å². The van der Waals surface area contributed by atoms with Crippen molar-refractivity contribution >= 4 is 11.8 Å². The number of benzene rings is 1. The first-order valence-electron chi connectivity index (χ1n) is 6.99. The number of carbonyl (C=O) groups is 2. The predicted octanol–water partition coefficient (Wildman–Crippen LogP) is 4.32. The number of ketones is 1. The summed E-state index contributed by atoms with van der Waals surface area (Å²) in [7, 11) is 1.29. The van der Waals surface area contributed by atoms with Crippen molar-refractivity contribution in [2.75, 3.05) is 7.11 Å². The molecule has 0 aliphatic carbocycles. The van der Waals surface area contributed by atoms with E-state index in [1.165, 1.54) is 13.2 Å². The van der Waals surface area contributed by atoms with Gasteiger partial charge in [0, 0.05) is 11.1 Å². The van der Waals surface area contributed by atoms with Gasteiger partial charge in [0.1, 0.15) is 5.83 Å². The minimum absolute atomic E-state index is 0.167. The van der Waals surface area contributed by atoms with Gasteiger partial charge < -0.3 is 4.74 Å². The van der Waals surface area contributed by atoms with E-state index in [2.05, 4.69) is 0 Å². The molecule has 0 aromatic heterocycles. The third-order valence-corrected chi connectivity index (χ3v) is 3.49. The average molecular weight is 292 g/mol. The summed E-state index contributed by atoms with van der Waals surface area (Å²) in [5.74, 6) is -1.26. The zero-order valence-corrected chi connectivity index (χ0v) is 13.2. The van der Waals surface area contributed by atoms with E-state index in [-0.39, 0.29) is 17.8 Å². The Labute approximate surface area is 124 Å². The predicted molar refractivity (Wildman–Crippen MR) is 80.3 cm³/mol. The lowest BCUT2D eigenvalue weighted by atomic mass is 9.92. The van der Waals surface area contributed by atoms with Gasteiger partial charge in [-0.1, -0.05) is 19.9 Å². The van der Waals surface area contributed by atoms with Crippen molar-refractivity contribution in [3.8, 4) is 0 Å². The SMILES string of the molecule is CCC(F)=C(CC)C(=O)c1cc(C(=O)OC)c(C)cc1C. The number of rotatable bonds is 5. The van der Waals surface area contributed by atoms with Crippen molar-refractivity contribution in [2.24, 2.45) is 0 Å². The van der Waals surface area contributed by atoms with Crippen molar-refractivity contribution < 1.29 is 18.7 Å². The number of carbonyl (C=O) groups excluding carboxylic acids is 2. The molecule has 0 atom stereocenters. The third kappa shape index (κ3) is 3.57. The molecule has 0 amide bonds. The van der Waals surface area contributed by atoms with Crippen LogP contribution in [0.4, 0.5) is 4.39 Å². The number of ether oxygens (including phenoxy) is 1. The summed E-state index contributed by atoms with van der Waals surface area (Å²) in [5.41, 5.74) is 2.30. The average Bonchev–Trinajstić information content (AvgIpc) is 2.46. The lowest BCUT2D eigenvalue weighted by molar-refractivity contribution is 0.0600. The quantitative estimate of drug-likeness (QED) is 0.461. The Morgan fingerprint density at radius 2 is 1.62 bits per heavy atom. The normalized spacial score (nSPS) is 11.9. The number of halogens is 1. The molecule has 0 saturated heterocycles. The maximum absolute atomic E-state index is 13.8. The molecule has 3 nitrogen and oxygen atoms in total. The van der Waals surface area contributed by atoms with E-state index >= 15 is 0 Å². The van der Waals surface area contributed by atoms with Gasteiger partial charge in [-0.05, 0) is 43.9 Å². The van der Waals surface area contributed by atoms with E-state index in [9.17, 15) is 14.0 Å². The smallest absolute Gasteiger partial charge is 0.338 e. The van der Waals surface area contributed by atoms with Gasteiger partial charge in [0.05, 0.1) is 12.7 Å². The number of esters is 1. The van der Waals surface area contributed by atoms with Crippen molar-refractivity contribution in [2.45, 2.75) is 40.5 Å². The van der Waals surface area contributed by atoms with Crippen molar-refractivity contribution in [3.63, 3.8) is 0 Å². The van der Waals surface area contributed by atoms with Crippen LogP contribution in [-0.2, 0) is 4.74 Å². The molecule has 1 rings (SSSR count). The lowest BCUT2D eigenvalue weighted by Crippen LogP contribution is -2.11. The third-order valence-electron chi connectivity index (χ3n) is 3.49. The van der Waals surface area contributed by atoms with Gasteiger partial charge in [0.15, 0.2) is 5.78 Å². The molecule has 21 heavy (non-hydrogen) atoms. The maximum atomic E-state index is 13.8. The fourth-order valence-electron chi connectivity index (χ4n) is 2.28. The van der Waals surface area contributed by atoms with Crippen LogP contribution >= 0.6 is 0 Å². The second kappa shape index (κ2) is 7.16. The van der Waals surface area contributed by atoms with Gasteiger partial charge in [0.25, 0.3) is 0 Å². The fourth-order valence-corrected chi connectivity index (χ4v) is 2.28. The molecule has 0 saturated carbocycles. The van der Waals surface area contributed by atoms with Crippen LogP contribution in [0.3, 0.4) is 0 Å². The molecule has 0 spiro atoms. The standard InChI is InChI=1S/C17H21FO3/c1-6-12(15(18)7-2)16(19)13-9-14(17(20)21-5)11(4)8-10(13)3/h8-9H,6-7H2,1-5H3. The summed E-state index contributed by atoms with van der Waals surface area (Å²) in [4.78, 5) is 24.3. The molecule has 114 valence electrons. The van der Waals surface area contributed by atoms with Crippen LogP contribution in [0.1, 0.15) is 58.5 Å². The van der Waals surface area contributed by atoms with E-state index in [1.807, 2.05) is 0 Å². The second-order valence-corrected chi connectivity index (χ2v) is 4.89. The van der Waals surface area contributed by atoms with E-state index in [0.29, 0.717) is 17.5 Å². The summed E-state index contributed by atoms with van der Waals surface area (Å²) in [6.45, 7) is 6.96. The molecule has 0 aliphatic rings. The van der Waals surface area contributed by atoms with Gasteiger partial charge in [-0.3, -0.25) is 4.79 Å². The first kappa shape index (κ1) is 17.1. The summed E-state index contributed by atoms with van der Waals surface area (Å²) < 4.78 is 18.5. The molecule has 0 N–H and O–H groups in total. The van der Waals surface area contributed by atoms with E-state index < -0.39 is 11.8 Å². The number of Topliss-reactive ketones (excluding diaryl/α,β-unsaturated/α-hetero) is 1. The number of allylic oxidation sites excluding steroid dienone is 2. The van der Waals surface area contributed by atoms with E-state index in [1.54, 1.807) is 33.8 Å². The van der Waals surface area contributed by atoms with Crippen LogP contribution in [0.25, 0.3) is 0 Å². The second-order valence-electron chi connectivity index (χ2n) is 4.89. The van der Waals surface area contributed by atoms with E-state index in [0.717, 1.165) is 11.1 Å². The van der Waals surface area contributed by atoms with Gasteiger partial charge in [-0.2, -0.15) is 0 Å². The van der Waals surface area contributed by atoms with Crippen LogP contribution in [0, 0.1) is 13.8 Å². The zero-order valence-electron chi connectivity index (χ0n) is 13.2. The highest BCUT2D eigenvalue weighted by atomic mass is 19.1. The lowest BCUT2D eigenvalue weighted by Gasteiger charge is -2.12. The Morgan fingerprint density at radius 1 is 1.05 bits per heavy atom. The Balaban J connectivity index is 3.43. The monoisotopic (exact) mass is 292 g/mol. The molecule has 0 heterocycles. The highest BCUT2D eigenvalue weighted by Crippen LogP contribution is 2.24. The first-order valence-corrected chi connectivity index (χ1v) is 6.99. The van der Waals surface area contributed by atoms with Crippen LogP contribution in [-0.4, -0.2) is 18.9 Å². The van der Waals surface area contributed by atoms with Crippen LogP contribution in [0.2, 0.25) is 0 Å². The molecular formula is C17H21FO3. The molecule has 0 bridgehead atoms. The summed E-state index contributed by atoms with van der Waals surface area (Å²) in [5, 5.41) is 0. The van der Waals surface area contributed by atoms with Crippen molar-refractivity contribution in [1.82, 2.24) is 0 Å². The Morgan fingerprint density at radius 3 is 2.10 bits per heavy atom. The van der Waals surface area contributed by atoms with E-state index in [4.69, 9.17) is 4.74 Å². The van der Waals surface area contributed by atoms with Crippen molar-refractivity contribution in [1.29, 1.82) is 0 Å². The van der Waals surface area contributed by atoms with Crippen LogP contribution in [0.5, 0.6) is 0 Å². The number of hydrogen-bond donors (Lipinski definition) is 0. The van der Waals surface area contributed by atoms with Gasteiger partial charge in [-0.25, -0.2) is 9.18 Å². The molecule has 0 radical (unpaired) electrons. The highest BCUT2D eigenvalue weighted by molar-refractivity contribution is 6.11. The zero-order chi connectivity index (χ0) is 16.2. The molecule has 0 fully saturated rings. The van der Waals surface area contributed by atoms with Crippen molar-refractivity contribution in [3.05, 3.63) is 45.8 Å². The Bertz CT molecular complexity index is 600. The molecular weight excluding hydrogens is 271 g/mol. The summed E-state index contributed by atoms with van der Waals surface area (Å²) >= 11 is 0. The van der Waals surface area contributed by atoms with Crippen LogP contribution < -0.4 is 0 Å². The van der Waals surface area contributed by atoms with Gasteiger partial charge in [-0.15, -0.1) is 0 Å². The highest BCUT2D eigenvalue weighted by Gasteiger charge is 2.20. The Hall–Kier alpha value is -1.97. The molecule has 1 aromatic carbocycles. The minimum Gasteiger partial charge on any atom is -0.465 e. The molecule has 0 unspecified atom stereocenters. The molecule has 0 aliphatic heterocycles. The first-order chi connectivity index (χ1) is 9.87. The van der Waals surface area contributed by atoms with Gasteiger partial charge >= 0.3 is 5.97 Å². The maximum Gasteiger partial charge on any atom is 0.338 e. The minimum atomic E-state index is -0.500. The Kier molecular flexibility index (Phi) is 5.82. The fraction of sp³-hybridized carbons (Fsp3) is 0.412. The molecule has 1 aromatic rings. The number of methoxy groups -OCH3 is 1. The molecule has 4 heteroatoms. The summed E-state index contributed by atoms with van der Waals surface area (Å²) in [6.07, 6.45) is 0.503. The number of aryl methyl sites for hydroxylation is 2. The van der Waals surface area contributed by atoms with Gasteiger partial charge in [0.2, 0.25) is 0 Å².